The predicted octanol–water partition coefficient (Wildman–Crippen LogP) is 1.83. The van der Waals surface area contributed by atoms with Gasteiger partial charge in [-0.05, 0) is 31.2 Å². The summed E-state index contributed by atoms with van der Waals surface area (Å²) in [6.07, 6.45) is 1.98. The summed E-state index contributed by atoms with van der Waals surface area (Å²) in [6, 6.07) is 9.06. The normalized spacial score (nSPS) is 17.3. The van der Waals surface area contributed by atoms with Crippen LogP contribution < -0.4 is 16.4 Å². The summed E-state index contributed by atoms with van der Waals surface area (Å²) in [7, 11) is 1.80. The van der Waals surface area contributed by atoms with Gasteiger partial charge in [0.25, 0.3) is 0 Å². The standard InChI is InChI=1S/C19H31N5O.HI/c1-14-4-6-16(7-5-14)15(2)12-22-19(21-3)23-17-8-10-24(11-9-17)13-18(20)25;/h4-7,15,17H,8-13H2,1-3H3,(H2,20,25)(H2,21,22,23);1H. The molecule has 146 valence electrons. The van der Waals surface area contributed by atoms with Crippen molar-refractivity contribution >= 4 is 35.8 Å². The second-order valence-electron chi connectivity index (χ2n) is 6.93. The number of amides is 1. The second kappa shape index (κ2) is 11.4. The van der Waals surface area contributed by atoms with Gasteiger partial charge in [0.05, 0.1) is 6.54 Å². The van der Waals surface area contributed by atoms with Gasteiger partial charge in [0.2, 0.25) is 5.91 Å². The van der Waals surface area contributed by atoms with E-state index in [2.05, 4.69) is 58.6 Å². The lowest BCUT2D eigenvalue weighted by molar-refractivity contribution is -0.119. The monoisotopic (exact) mass is 473 g/mol. The smallest absolute Gasteiger partial charge is 0.231 e. The number of piperidine rings is 1. The van der Waals surface area contributed by atoms with E-state index in [1.54, 1.807) is 7.05 Å². The van der Waals surface area contributed by atoms with E-state index in [9.17, 15) is 4.79 Å². The number of rotatable bonds is 6. The number of aliphatic imine (C=N–C) groups is 1. The van der Waals surface area contributed by atoms with Crippen molar-refractivity contribution in [3.63, 3.8) is 0 Å². The van der Waals surface area contributed by atoms with Crippen molar-refractivity contribution in [1.29, 1.82) is 0 Å². The maximum absolute atomic E-state index is 11.0. The fraction of sp³-hybridized carbons (Fsp3) is 0.579. The molecule has 1 amide bonds. The molecule has 26 heavy (non-hydrogen) atoms. The summed E-state index contributed by atoms with van der Waals surface area (Å²) in [6.45, 7) is 7.28. The van der Waals surface area contributed by atoms with Crippen molar-refractivity contribution in [3.8, 4) is 0 Å². The largest absolute Gasteiger partial charge is 0.369 e. The van der Waals surface area contributed by atoms with Crippen LogP contribution >= 0.6 is 24.0 Å². The quantitative estimate of drug-likeness (QED) is 0.335. The summed E-state index contributed by atoms with van der Waals surface area (Å²) in [5.74, 6) is 0.998. The Morgan fingerprint density at radius 1 is 1.31 bits per heavy atom. The van der Waals surface area contributed by atoms with E-state index >= 15 is 0 Å². The third-order valence-electron chi connectivity index (χ3n) is 4.75. The molecule has 1 atom stereocenters. The minimum absolute atomic E-state index is 0. The van der Waals surface area contributed by atoms with E-state index in [-0.39, 0.29) is 29.9 Å². The van der Waals surface area contributed by atoms with Crippen molar-refractivity contribution in [2.75, 3.05) is 33.2 Å². The molecule has 2 rings (SSSR count). The highest BCUT2D eigenvalue weighted by Crippen LogP contribution is 2.15. The lowest BCUT2D eigenvalue weighted by Crippen LogP contribution is -2.50. The number of hydrogen-bond acceptors (Lipinski definition) is 3. The molecule has 0 radical (unpaired) electrons. The first-order valence-corrected chi connectivity index (χ1v) is 9.02. The van der Waals surface area contributed by atoms with Crippen LogP contribution in [0, 0.1) is 6.92 Å². The lowest BCUT2D eigenvalue weighted by Gasteiger charge is -2.32. The van der Waals surface area contributed by atoms with Crippen LogP contribution in [0.5, 0.6) is 0 Å². The number of nitrogens with zero attached hydrogens (tertiary/aromatic N) is 2. The molecule has 1 saturated heterocycles. The van der Waals surface area contributed by atoms with E-state index in [0.717, 1.165) is 38.4 Å². The third-order valence-corrected chi connectivity index (χ3v) is 4.75. The maximum Gasteiger partial charge on any atom is 0.231 e. The number of likely N-dealkylation sites (tertiary alicyclic amines) is 1. The van der Waals surface area contributed by atoms with E-state index in [1.807, 2.05) is 0 Å². The zero-order valence-electron chi connectivity index (χ0n) is 16.0. The topological polar surface area (TPSA) is 82.8 Å². The van der Waals surface area contributed by atoms with Gasteiger partial charge in [-0.25, -0.2) is 0 Å². The SMILES string of the molecule is CN=C(NCC(C)c1ccc(C)cc1)NC1CCN(CC(N)=O)CC1.I. The van der Waals surface area contributed by atoms with Gasteiger partial charge in [0.1, 0.15) is 0 Å². The van der Waals surface area contributed by atoms with Gasteiger partial charge in [-0.15, -0.1) is 24.0 Å². The van der Waals surface area contributed by atoms with Gasteiger partial charge in [-0.2, -0.15) is 0 Å². The molecule has 1 heterocycles. The maximum atomic E-state index is 11.0. The Labute approximate surface area is 174 Å². The molecule has 1 aliphatic heterocycles. The Balaban J connectivity index is 0.00000338. The van der Waals surface area contributed by atoms with Gasteiger partial charge >= 0.3 is 0 Å². The molecule has 0 bridgehead atoms. The first-order valence-electron chi connectivity index (χ1n) is 9.02. The number of aryl methyl sites for hydroxylation is 1. The van der Waals surface area contributed by atoms with Crippen molar-refractivity contribution in [3.05, 3.63) is 35.4 Å². The van der Waals surface area contributed by atoms with Gasteiger partial charge in [-0.3, -0.25) is 14.7 Å². The van der Waals surface area contributed by atoms with Gasteiger partial charge in [0.15, 0.2) is 5.96 Å². The van der Waals surface area contributed by atoms with Crippen molar-refractivity contribution < 1.29 is 4.79 Å². The summed E-state index contributed by atoms with van der Waals surface area (Å²) in [4.78, 5) is 17.4. The first kappa shape index (κ1) is 22.7. The summed E-state index contributed by atoms with van der Waals surface area (Å²) in [5.41, 5.74) is 7.87. The van der Waals surface area contributed by atoms with Crippen LogP contribution in [0.1, 0.15) is 36.8 Å². The molecule has 6 nitrogen and oxygen atoms in total. The van der Waals surface area contributed by atoms with Crippen molar-refractivity contribution in [2.24, 2.45) is 10.7 Å². The zero-order chi connectivity index (χ0) is 18.2. The van der Waals surface area contributed by atoms with Crippen LogP contribution in [0.25, 0.3) is 0 Å². The number of hydrogen-bond donors (Lipinski definition) is 3. The number of carbonyl (C=O) groups is 1. The first-order chi connectivity index (χ1) is 12.0. The van der Waals surface area contributed by atoms with E-state index in [4.69, 9.17) is 5.73 Å². The van der Waals surface area contributed by atoms with Crippen LogP contribution in [-0.4, -0.2) is 56.0 Å². The molecule has 1 unspecified atom stereocenters. The highest BCUT2D eigenvalue weighted by molar-refractivity contribution is 14.0. The molecule has 0 saturated carbocycles. The Kier molecular flexibility index (Phi) is 9.93. The van der Waals surface area contributed by atoms with Crippen LogP contribution in [0.2, 0.25) is 0 Å². The van der Waals surface area contributed by atoms with Crippen molar-refractivity contribution in [1.82, 2.24) is 15.5 Å². The third kappa shape index (κ3) is 7.49. The molecular weight excluding hydrogens is 441 g/mol. The number of nitrogens with one attached hydrogen (secondary N) is 2. The Morgan fingerprint density at radius 3 is 2.46 bits per heavy atom. The van der Waals surface area contributed by atoms with Crippen LogP contribution in [0.15, 0.2) is 29.3 Å². The van der Waals surface area contributed by atoms with Crippen LogP contribution in [0.4, 0.5) is 0 Å². The predicted molar refractivity (Wildman–Crippen MR) is 118 cm³/mol. The van der Waals surface area contributed by atoms with E-state index in [1.165, 1.54) is 11.1 Å². The molecule has 1 aliphatic rings. The number of carbonyl (C=O) groups excluding carboxylic acids is 1. The number of primary amides is 1. The molecular formula is C19H32IN5O. The molecule has 1 fully saturated rings. The Hall–Kier alpha value is -1.35. The number of guanidine groups is 1. The Morgan fingerprint density at radius 2 is 1.92 bits per heavy atom. The Bertz CT molecular complexity index is 582. The van der Waals surface area contributed by atoms with Crippen LogP contribution in [-0.2, 0) is 4.79 Å². The minimum Gasteiger partial charge on any atom is -0.369 e. The molecule has 4 N–H and O–H groups in total. The zero-order valence-corrected chi connectivity index (χ0v) is 18.3. The summed E-state index contributed by atoms with van der Waals surface area (Å²) < 4.78 is 0. The molecule has 0 spiro atoms. The number of halogens is 1. The van der Waals surface area contributed by atoms with Gasteiger partial charge < -0.3 is 16.4 Å². The van der Waals surface area contributed by atoms with Crippen molar-refractivity contribution in [2.45, 2.75) is 38.6 Å². The highest BCUT2D eigenvalue weighted by Gasteiger charge is 2.20. The molecule has 1 aromatic rings. The summed E-state index contributed by atoms with van der Waals surface area (Å²) >= 11 is 0. The van der Waals surface area contributed by atoms with Gasteiger partial charge in [0, 0.05) is 32.7 Å². The lowest BCUT2D eigenvalue weighted by atomic mass is 10.00. The summed E-state index contributed by atoms with van der Waals surface area (Å²) in [5, 5.41) is 6.92. The number of benzene rings is 1. The van der Waals surface area contributed by atoms with Crippen LogP contribution in [0.3, 0.4) is 0 Å². The highest BCUT2D eigenvalue weighted by atomic mass is 127. The number of nitrogens with two attached hydrogens (primary N) is 1. The average molecular weight is 473 g/mol. The molecule has 0 aromatic heterocycles. The minimum atomic E-state index is -0.256. The fourth-order valence-corrected chi connectivity index (χ4v) is 3.11. The average Bonchev–Trinajstić information content (AvgIpc) is 2.60. The second-order valence-corrected chi connectivity index (χ2v) is 6.93. The van der Waals surface area contributed by atoms with E-state index < -0.39 is 0 Å². The molecule has 1 aromatic carbocycles. The fourth-order valence-electron chi connectivity index (χ4n) is 3.11. The van der Waals surface area contributed by atoms with E-state index in [0.29, 0.717) is 18.5 Å². The molecule has 7 heteroatoms. The molecule has 0 aliphatic carbocycles. The van der Waals surface area contributed by atoms with Gasteiger partial charge in [-0.1, -0.05) is 36.8 Å².